The zero-order valence-electron chi connectivity index (χ0n) is 18.1. The van der Waals surface area contributed by atoms with E-state index in [2.05, 4.69) is 20.9 Å². The number of likely N-dealkylation sites (N-methyl/N-ethyl adjacent to an activating group) is 1. The molecular weight excluding hydrogens is 383 g/mol. The van der Waals surface area contributed by atoms with Crippen molar-refractivity contribution in [3.05, 3.63) is 65.0 Å². The Balaban J connectivity index is 2.02. The van der Waals surface area contributed by atoms with Crippen molar-refractivity contribution in [3.63, 3.8) is 0 Å². The van der Waals surface area contributed by atoms with Crippen LogP contribution in [-0.4, -0.2) is 31.6 Å². The fourth-order valence-corrected chi connectivity index (χ4v) is 2.79. The molecule has 0 saturated heterocycles. The van der Waals surface area contributed by atoms with E-state index in [1.165, 1.54) is 0 Å². The minimum Gasteiger partial charge on any atom is -0.484 e. The molecule has 3 N–H and O–H groups in total. The Labute approximate surface area is 177 Å². The predicted molar refractivity (Wildman–Crippen MR) is 118 cm³/mol. The Morgan fingerprint density at radius 1 is 1.13 bits per heavy atom. The van der Waals surface area contributed by atoms with Crippen LogP contribution < -0.4 is 20.7 Å². The van der Waals surface area contributed by atoms with Gasteiger partial charge in [0.05, 0.1) is 12.6 Å². The summed E-state index contributed by atoms with van der Waals surface area (Å²) in [6.07, 6.45) is 0. The van der Waals surface area contributed by atoms with E-state index < -0.39 is 0 Å². The largest absolute Gasteiger partial charge is 0.484 e. The number of aryl methyl sites for hydroxylation is 1. The lowest BCUT2D eigenvalue weighted by molar-refractivity contribution is -0.122. The first-order valence-corrected chi connectivity index (χ1v) is 10.2. The Bertz CT molecular complexity index is 870. The summed E-state index contributed by atoms with van der Waals surface area (Å²) in [4.78, 5) is 16.2. The molecule has 2 aromatic carbocycles. The van der Waals surface area contributed by atoms with Gasteiger partial charge in [0.15, 0.2) is 12.6 Å². The highest BCUT2D eigenvalue weighted by atomic mass is 19.1. The summed E-state index contributed by atoms with van der Waals surface area (Å²) >= 11 is 0. The highest BCUT2D eigenvalue weighted by molar-refractivity contribution is 5.80. The number of hydrogen-bond acceptors (Lipinski definition) is 3. The zero-order valence-corrected chi connectivity index (χ0v) is 18.1. The number of rotatable bonds is 9. The molecule has 0 aromatic heterocycles. The van der Waals surface area contributed by atoms with Gasteiger partial charge in [-0.25, -0.2) is 9.38 Å². The van der Waals surface area contributed by atoms with Gasteiger partial charge in [0.25, 0.3) is 5.91 Å². The first-order valence-electron chi connectivity index (χ1n) is 10.2. The quantitative estimate of drug-likeness (QED) is 0.434. The molecule has 0 spiro atoms. The number of halogens is 1. The second-order valence-corrected chi connectivity index (χ2v) is 6.96. The van der Waals surface area contributed by atoms with Gasteiger partial charge in [0.1, 0.15) is 11.6 Å². The third kappa shape index (κ3) is 7.39. The molecule has 7 heteroatoms. The van der Waals surface area contributed by atoms with Crippen molar-refractivity contribution < 1.29 is 13.9 Å². The SMILES string of the molecule is CCNC(=O)COc1cccc(CN=C(NCC)NC(C)c2ccc(C)c(F)c2)c1. The van der Waals surface area contributed by atoms with Gasteiger partial charge in [-0.2, -0.15) is 0 Å². The molecule has 0 saturated carbocycles. The number of carbonyl (C=O) groups is 1. The number of aliphatic imine (C=N–C) groups is 1. The predicted octanol–water partition coefficient (Wildman–Crippen LogP) is 3.47. The number of amides is 1. The molecule has 2 rings (SSSR count). The summed E-state index contributed by atoms with van der Waals surface area (Å²) in [5.41, 5.74) is 2.43. The van der Waals surface area contributed by atoms with E-state index in [4.69, 9.17) is 4.74 Å². The normalized spacial score (nSPS) is 12.2. The Morgan fingerprint density at radius 3 is 2.60 bits per heavy atom. The highest BCUT2D eigenvalue weighted by Crippen LogP contribution is 2.17. The van der Waals surface area contributed by atoms with Gasteiger partial charge in [-0.1, -0.05) is 24.3 Å². The van der Waals surface area contributed by atoms with Crippen molar-refractivity contribution in [1.82, 2.24) is 16.0 Å². The van der Waals surface area contributed by atoms with E-state index in [1.54, 1.807) is 19.1 Å². The molecule has 0 radical (unpaired) electrons. The molecule has 1 atom stereocenters. The van der Waals surface area contributed by atoms with Gasteiger partial charge in [-0.05, 0) is 62.6 Å². The summed E-state index contributed by atoms with van der Waals surface area (Å²) in [6, 6.07) is 12.6. The lowest BCUT2D eigenvalue weighted by atomic mass is 10.1. The molecule has 1 amide bonds. The third-order valence-electron chi connectivity index (χ3n) is 4.46. The van der Waals surface area contributed by atoms with Crippen molar-refractivity contribution in [2.45, 2.75) is 40.3 Å². The molecule has 0 bridgehead atoms. The number of carbonyl (C=O) groups excluding carboxylic acids is 1. The molecule has 0 fully saturated rings. The first-order chi connectivity index (χ1) is 14.4. The molecule has 2 aromatic rings. The van der Waals surface area contributed by atoms with Gasteiger partial charge in [0.2, 0.25) is 0 Å². The molecule has 0 aliphatic carbocycles. The molecular formula is C23H31FN4O2. The van der Waals surface area contributed by atoms with Crippen LogP contribution in [0.1, 0.15) is 43.5 Å². The van der Waals surface area contributed by atoms with Crippen LogP contribution in [0.15, 0.2) is 47.5 Å². The Hall–Kier alpha value is -3.09. The number of guanidine groups is 1. The minimum absolute atomic E-state index is 0.0185. The number of benzene rings is 2. The summed E-state index contributed by atoms with van der Waals surface area (Å²) in [5.74, 6) is 0.892. The Kier molecular flexibility index (Phi) is 9.12. The second-order valence-electron chi connectivity index (χ2n) is 6.96. The lowest BCUT2D eigenvalue weighted by Gasteiger charge is -2.18. The van der Waals surface area contributed by atoms with Crippen LogP contribution in [0.3, 0.4) is 0 Å². The lowest BCUT2D eigenvalue weighted by Crippen LogP contribution is -2.38. The van der Waals surface area contributed by atoms with E-state index >= 15 is 0 Å². The van der Waals surface area contributed by atoms with Crippen LogP contribution in [-0.2, 0) is 11.3 Å². The van der Waals surface area contributed by atoms with Crippen LogP contribution in [0.2, 0.25) is 0 Å². The molecule has 0 aliphatic rings. The van der Waals surface area contributed by atoms with Crippen LogP contribution in [0, 0.1) is 12.7 Å². The van der Waals surface area contributed by atoms with E-state index in [-0.39, 0.29) is 24.4 Å². The first kappa shape index (κ1) is 23.2. The maximum atomic E-state index is 13.9. The van der Waals surface area contributed by atoms with Gasteiger partial charge >= 0.3 is 0 Å². The summed E-state index contributed by atoms with van der Waals surface area (Å²) in [7, 11) is 0. The monoisotopic (exact) mass is 414 g/mol. The summed E-state index contributed by atoms with van der Waals surface area (Å²) in [5, 5.41) is 9.21. The fraction of sp³-hybridized carbons (Fsp3) is 0.391. The van der Waals surface area contributed by atoms with Gasteiger partial charge in [-0.3, -0.25) is 4.79 Å². The van der Waals surface area contributed by atoms with Crippen molar-refractivity contribution in [2.24, 2.45) is 4.99 Å². The molecule has 0 aliphatic heterocycles. The van der Waals surface area contributed by atoms with Gasteiger partial charge in [-0.15, -0.1) is 0 Å². The van der Waals surface area contributed by atoms with E-state index in [0.717, 1.165) is 11.1 Å². The summed E-state index contributed by atoms with van der Waals surface area (Å²) in [6.45, 7) is 9.26. The van der Waals surface area contributed by atoms with E-state index in [0.29, 0.717) is 36.9 Å². The van der Waals surface area contributed by atoms with Crippen LogP contribution >= 0.6 is 0 Å². The van der Waals surface area contributed by atoms with E-state index in [1.807, 2.05) is 51.1 Å². The minimum atomic E-state index is -0.215. The number of nitrogens with one attached hydrogen (secondary N) is 3. The van der Waals surface area contributed by atoms with Crippen LogP contribution in [0.4, 0.5) is 4.39 Å². The van der Waals surface area contributed by atoms with E-state index in [9.17, 15) is 9.18 Å². The third-order valence-corrected chi connectivity index (χ3v) is 4.46. The second kappa shape index (κ2) is 11.8. The number of hydrogen-bond donors (Lipinski definition) is 3. The molecule has 30 heavy (non-hydrogen) atoms. The maximum absolute atomic E-state index is 13.9. The zero-order chi connectivity index (χ0) is 21.9. The molecule has 162 valence electrons. The van der Waals surface area contributed by atoms with Crippen LogP contribution in [0.25, 0.3) is 0 Å². The average Bonchev–Trinajstić information content (AvgIpc) is 2.73. The molecule has 1 unspecified atom stereocenters. The standard InChI is InChI=1S/C23H31FN4O2/c1-5-25-22(29)15-30-20-9-7-8-18(12-20)14-27-23(26-6-2)28-17(4)19-11-10-16(3)21(24)13-19/h7-13,17H,5-6,14-15H2,1-4H3,(H,25,29)(H2,26,27,28). The van der Waals surface area contributed by atoms with Crippen molar-refractivity contribution in [1.29, 1.82) is 0 Å². The highest BCUT2D eigenvalue weighted by Gasteiger charge is 2.10. The van der Waals surface area contributed by atoms with Crippen molar-refractivity contribution in [2.75, 3.05) is 19.7 Å². The van der Waals surface area contributed by atoms with Crippen LogP contribution in [0.5, 0.6) is 5.75 Å². The van der Waals surface area contributed by atoms with Crippen molar-refractivity contribution in [3.8, 4) is 5.75 Å². The van der Waals surface area contributed by atoms with Gasteiger partial charge < -0.3 is 20.7 Å². The maximum Gasteiger partial charge on any atom is 0.257 e. The van der Waals surface area contributed by atoms with Crippen molar-refractivity contribution >= 4 is 11.9 Å². The molecule has 6 nitrogen and oxygen atoms in total. The summed E-state index contributed by atoms with van der Waals surface area (Å²) < 4.78 is 19.4. The topological polar surface area (TPSA) is 74.8 Å². The number of ether oxygens (including phenoxy) is 1. The smallest absolute Gasteiger partial charge is 0.257 e. The number of nitrogens with zero attached hydrogens (tertiary/aromatic N) is 1. The Morgan fingerprint density at radius 2 is 1.90 bits per heavy atom. The fourth-order valence-electron chi connectivity index (χ4n) is 2.79. The van der Waals surface area contributed by atoms with Gasteiger partial charge in [0, 0.05) is 13.1 Å². The molecule has 0 heterocycles. The average molecular weight is 415 g/mol.